The van der Waals surface area contributed by atoms with Gasteiger partial charge in [-0.3, -0.25) is 9.55 Å². The first-order valence-electron chi connectivity index (χ1n) is 11.1. The molecule has 0 fully saturated rings. The topological polar surface area (TPSA) is 154 Å². The molecule has 12 nitrogen and oxygen atoms in total. The summed E-state index contributed by atoms with van der Waals surface area (Å²) in [5, 5.41) is 12.6. The zero-order chi connectivity index (χ0) is 27.4. The number of para-hydroxylation sites is 1. The quantitative estimate of drug-likeness (QED) is 0.315. The van der Waals surface area contributed by atoms with Gasteiger partial charge in [-0.05, 0) is 30.3 Å². The molecule has 4 rings (SSSR count). The first kappa shape index (κ1) is 26.9. The zero-order valence-corrected chi connectivity index (χ0v) is 21.7. The maximum absolute atomic E-state index is 13.6. The molecule has 38 heavy (non-hydrogen) atoms. The highest BCUT2D eigenvalue weighted by Crippen LogP contribution is 2.42. The van der Waals surface area contributed by atoms with Crippen molar-refractivity contribution in [1.29, 1.82) is 0 Å². The monoisotopic (exact) mass is 544 g/mol. The minimum atomic E-state index is -4.45. The van der Waals surface area contributed by atoms with Crippen LogP contribution in [0.5, 0.6) is 17.4 Å². The van der Waals surface area contributed by atoms with Gasteiger partial charge >= 0.3 is 0 Å². The summed E-state index contributed by atoms with van der Waals surface area (Å²) < 4.78 is 63.2. The van der Waals surface area contributed by atoms with Crippen LogP contribution in [0.4, 0.5) is 4.39 Å². The standard InChI is InChI=1S/C24H25FN6O6S/c1-34-17-8-6-9-18(35-2)20(17)31-23(16-7-5-10-19(28-16)36-3)29-30-24(31)22(38(26,32)33)21(37-4)15-12-11-14(25)13-27-15/h5-13,21-22H,1-4H3,(H2,26,32,33). The molecule has 0 aliphatic heterocycles. The molecule has 14 heteroatoms. The molecule has 2 unspecified atom stereocenters. The number of benzene rings is 1. The summed E-state index contributed by atoms with van der Waals surface area (Å²) in [6.07, 6.45) is -0.346. The van der Waals surface area contributed by atoms with Gasteiger partial charge in [0.25, 0.3) is 0 Å². The first-order valence-corrected chi connectivity index (χ1v) is 12.7. The van der Waals surface area contributed by atoms with Crippen LogP contribution in [0.3, 0.4) is 0 Å². The lowest BCUT2D eigenvalue weighted by Crippen LogP contribution is -2.31. The van der Waals surface area contributed by atoms with E-state index in [0.29, 0.717) is 23.1 Å². The number of ether oxygens (including phenoxy) is 4. The molecule has 0 radical (unpaired) electrons. The molecule has 2 atom stereocenters. The largest absolute Gasteiger partial charge is 0.494 e. The zero-order valence-electron chi connectivity index (χ0n) is 20.9. The van der Waals surface area contributed by atoms with E-state index >= 15 is 0 Å². The Hall–Kier alpha value is -4.14. The highest BCUT2D eigenvalue weighted by Gasteiger charge is 2.41. The summed E-state index contributed by atoms with van der Waals surface area (Å²) in [6, 6.07) is 12.4. The molecule has 2 N–H and O–H groups in total. The Morgan fingerprint density at radius 3 is 2.16 bits per heavy atom. The number of hydrogen-bond acceptors (Lipinski definition) is 10. The molecule has 0 saturated heterocycles. The van der Waals surface area contributed by atoms with Crippen LogP contribution in [-0.2, 0) is 14.8 Å². The summed E-state index contributed by atoms with van der Waals surface area (Å²) in [7, 11) is 1.19. The average Bonchev–Trinajstić information content (AvgIpc) is 3.34. The molecule has 3 heterocycles. The third kappa shape index (κ3) is 5.14. The summed E-state index contributed by atoms with van der Waals surface area (Å²) >= 11 is 0. The minimum Gasteiger partial charge on any atom is -0.494 e. The van der Waals surface area contributed by atoms with Crippen molar-refractivity contribution in [2.24, 2.45) is 5.14 Å². The van der Waals surface area contributed by atoms with Crippen LogP contribution in [-0.4, -0.2) is 61.6 Å². The molecule has 0 bridgehead atoms. The highest BCUT2D eigenvalue weighted by atomic mass is 32.2. The van der Waals surface area contributed by atoms with Crippen LogP contribution in [0, 0.1) is 5.82 Å². The summed E-state index contributed by atoms with van der Waals surface area (Å²) in [5.41, 5.74) is 0.696. The predicted octanol–water partition coefficient (Wildman–Crippen LogP) is 2.61. The Bertz CT molecular complexity index is 1510. The van der Waals surface area contributed by atoms with E-state index in [-0.39, 0.29) is 23.0 Å². The number of nitrogens with two attached hydrogens (primary N) is 1. The van der Waals surface area contributed by atoms with Gasteiger partial charge in [0.2, 0.25) is 15.9 Å². The molecule has 1 aromatic carbocycles. The van der Waals surface area contributed by atoms with Gasteiger partial charge in [0.05, 0.1) is 33.2 Å². The molecule has 0 aliphatic carbocycles. The van der Waals surface area contributed by atoms with Crippen LogP contribution in [0.2, 0.25) is 0 Å². The van der Waals surface area contributed by atoms with Crippen molar-refractivity contribution in [2.45, 2.75) is 11.4 Å². The fourth-order valence-electron chi connectivity index (χ4n) is 3.98. The maximum Gasteiger partial charge on any atom is 0.222 e. The van der Waals surface area contributed by atoms with Gasteiger partial charge in [-0.2, -0.15) is 0 Å². The smallest absolute Gasteiger partial charge is 0.222 e. The van der Waals surface area contributed by atoms with Crippen molar-refractivity contribution >= 4 is 10.0 Å². The summed E-state index contributed by atoms with van der Waals surface area (Å²) in [4.78, 5) is 8.44. The summed E-state index contributed by atoms with van der Waals surface area (Å²) in [5.74, 6) is 0.307. The molecule has 0 saturated carbocycles. The lowest BCUT2D eigenvalue weighted by Gasteiger charge is -2.25. The Kier molecular flexibility index (Phi) is 7.85. The molecule has 0 aliphatic rings. The number of primary sulfonamides is 1. The molecular weight excluding hydrogens is 519 g/mol. The molecule has 3 aromatic heterocycles. The van der Waals surface area contributed by atoms with Crippen LogP contribution in [0.15, 0.2) is 54.7 Å². The normalized spacial score (nSPS) is 13.1. The molecule has 200 valence electrons. The lowest BCUT2D eigenvalue weighted by molar-refractivity contribution is 0.0924. The van der Waals surface area contributed by atoms with Gasteiger partial charge in [-0.25, -0.2) is 22.9 Å². The van der Waals surface area contributed by atoms with E-state index in [1.54, 1.807) is 36.4 Å². The number of nitrogens with zero attached hydrogens (tertiary/aromatic N) is 5. The molecule has 0 amide bonds. The number of halogens is 1. The van der Waals surface area contributed by atoms with Crippen molar-refractivity contribution in [3.05, 3.63) is 72.1 Å². The van der Waals surface area contributed by atoms with Crippen LogP contribution < -0.4 is 19.3 Å². The van der Waals surface area contributed by atoms with E-state index in [1.165, 1.54) is 39.1 Å². The number of rotatable bonds is 10. The van der Waals surface area contributed by atoms with Crippen molar-refractivity contribution in [3.8, 4) is 34.6 Å². The minimum absolute atomic E-state index is 0.107. The first-order chi connectivity index (χ1) is 18.2. The summed E-state index contributed by atoms with van der Waals surface area (Å²) in [6.45, 7) is 0. The second-order valence-electron chi connectivity index (χ2n) is 7.86. The third-order valence-electron chi connectivity index (χ3n) is 5.65. The van der Waals surface area contributed by atoms with Crippen molar-refractivity contribution in [2.75, 3.05) is 28.4 Å². The van der Waals surface area contributed by atoms with E-state index in [4.69, 9.17) is 24.1 Å². The second-order valence-corrected chi connectivity index (χ2v) is 9.55. The van der Waals surface area contributed by atoms with E-state index < -0.39 is 27.2 Å². The van der Waals surface area contributed by atoms with Gasteiger partial charge in [-0.1, -0.05) is 12.1 Å². The number of sulfonamides is 1. The van der Waals surface area contributed by atoms with Gasteiger partial charge in [-0.15, -0.1) is 10.2 Å². The van der Waals surface area contributed by atoms with Crippen molar-refractivity contribution < 1.29 is 31.8 Å². The van der Waals surface area contributed by atoms with E-state index in [9.17, 15) is 12.8 Å². The van der Waals surface area contributed by atoms with E-state index in [0.717, 1.165) is 12.3 Å². The Morgan fingerprint density at radius 2 is 1.61 bits per heavy atom. The number of hydrogen-bond donors (Lipinski definition) is 1. The fourth-order valence-corrected chi connectivity index (χ4v) is 5.02. The molecule has 4 aromatic rings. The lowest BCUT2D eigenvalue weighted by atomic mass is 10.1. The second kappa shape index (κ2) is 11.1. The van der Waals surface area contributed by atoms with Crippen molar-refractivity contribution in [1.82, 2.24) is 24.7 Å². The average molecular weight is 545 g/mol. The van der Waals surface area contributed by atoms with E-state index in [2.05, 4.69) is 20.2 Å². The third-order valence-corrected chi connectivity index (χ3v) is 6.82. The SMILES string of the molecule is COc1cccc(-c2nnc(C(C(OC)c3ccc(F)cn3)S(N)(=O)=O)n2-c2c(OC)cccc2OC)n1. The molecule has 0 spiro atoms. The Balaban J connectivity index is 2.08. The van der Waals surface area contributed by atoms with Gasteiger partial charge in [0.1, 0.15) is 34.8 Å². The number of methoxy groups -OCH3 is 4. The van der Waals surface area contributed by atoms with Gasteiger partial charge in [0.15, 0.2) is 16.9 Å². The fraction of sp³-hybridized carbons (Fsp3) is 0.250. The Labute approximate surface area is 218 Å². The van der Waals surface area contributed by atoms with Gasteiger partial charge in [0, 0.05) is 13.2 Å². The Morgan fingerprint density at radius 1 is 0.921 bits per heavy atom. The van der Waals surface area contributed by atoms with Crippen LogP contribution >= 0.6 is 0 Å². The van der Waals surface area contributed by atoms with Crippen molar-refractivity contribution in [3.63, 3.8) is 0 Å². The maximum atomic E-state index is 13.6. The van der Waals surface area contributed by atoms with E-state index in [1.807, 2.05) is 0 Å². The number of pyridine rings is 2. The van der Waals surface area contributed by atoms with Gasteiger partial charge < -0.3 is 18.9 Å². The molecular formula is C24H25FN6O6S. The highest BCUT2D eigenvalue weighted by molar-refractivity contribution is 7.89. The predicted molar refractivity (Wildman–Crippen MR) is 134 cm³/mol. The van der Waals surface area contributed by atoms with Crippen LogP contribution in [0.1, 0.15) is 22.9 Å². The van der Waals surface area contributed by atoms with Crippen LogP contribution in [0.25, 0.3) is 17.2 Å². The number of aromatic nitrogens is 5.